The standard InChI is InChI=1S/C20H29F3N4O/c1-11-7-13(11)18(28)26-6-5-12(10-26)14-8-17-24-15(19(2,3)4)9-16(20(21,22)23)27(17)25-14/h8,11-13,15-16,24H,5-7,9-10H2,1-4H3. The largest absolute Gasteiger partial charge is 0.410 e. The van der Waals surface area contributed by atoms with Crippen LogP contribution in [-0.4, -0.2) is 45.9 Å². The minimum absolute atomic E-state index is 0.000114. The van der Waals surface area contributed by atoms with Gasteiger partial charge in [-0.15, -0.1) is 0 Å². The van der Waals surface area contributed by atoms with Gasteiger partial charge in [-0.2, -0.15) is 18.3 Å². The molecule has 5 atom stereocenters. The van der Waals surface area contributed by atoms with E-state index in [1.807, 2.05) is 25.7 Å². The zero-order valence-electron chi connectivity index (χ0n) is 16.9. The molecule has 2 aliphatic heterocycles. The predicted octanol–water partition coefficient (Wildman–Crippen LogP) is 4.19. The maximum Gasteiger partial charge on any atom is 0.410 e. The Balaban J connectivity index is 1.55. The summed E-state index contributed by atoms with van der Waals surface area (Å²) in [5.74, 6) is 1.22. The van der Waals surface area contributed by atoms with E-state index in [0.29, 0.717) is 30.5 Å². The van der Waals surface area contributed by atoms with Crippen LogP contribution in [0.15, 0.2) is 6.07 Å². The lowest BCUT2D eigenvalue weighted by Crippen LogP contribution is -2.44. The first-order chi connectivity index (χ1) is 12.9. The fourth-order valence-corrected chi connectivity index (χ4v) is 4.46. The molecule has 2 fully saturated rings. The molecule has 1 N–H and O–H groups in total. The summed E-state index contributed by atoms with van der Waals surface area (Å²) in [6, 6.07) is -0.142. The van der Waals surface area contributed by atoms with Crippen LogP contribution in [0, 0.1) is 17.3 Å². The Hall–Kier alpha value is -1.73. The SMILES string of the molecule is CC1CC1C(=O)N1CCC(c2cc3n(n2)C(C(F)(F)F)CC(C(C)(C)C)N3)C1. The Morgan fingerprint density at radius 3 is 2.50 bits per heavy atom. The van der Waals surface area contributed by atoms with E-state index in [1.165, 1.54) is 0 Å². The number of nitrogens with zero attached hydrogens (tertiary/aromatic N) is 3. The van der Waals surface area contributed by atoms with Crippen molar-refractivity contribution >= 4 is 11.7 Å². The van der Waals surface area contributed by atoms with Gasteiger partial charge in [-0.1, -0.05) is 27.7 Å². The summed E-state index contributed by atoms with van der Waals surface area (Å²) in [7, 11) is 0. The summed E-state index contributed by atoms with van der Waals surface area (Å²) >= 11 is 0. The molecule has 5 unspecified atom stereocenters. The third-order valence-electron chi connectivity index (χ3n) is 6.60. The van der Waals surface area contributed by atoms with Gasteiger partial charge in [-0.05, 0) is 30.6 Å². The van der Waals surface area contributed by atoms with Crippen molar-refractivity contribution in [2.75, 3.05) is 18.4 Å². The van der Waals surface area contributed by atoms with E-state index in [2.05, 4.69) is 17.3 Å². The first-order valence-corrected chi connectivity index (χ1v) is 10.2. The Labute approximate surface area is 163 Å². The average Bonchev–Trinajstić information content (AvgIpc) is 3.01. The summed E-state index contributed by atoms with van der Waals surface area (Å²) in [4.78, 5) is 14.3. The van der Waals surface area contributed by atoms with Crippen molar-refractivity contribution in [3.63, 3.8) is 0 Å². The van der Waals surface area contributed by atoms with E-state index in [1.54, 1.807) is 6.07 Å². The normalized spacial score (nSPS) is 32.8. The molecule has 28 heavy (non-hydrogen) atoms. The fourth-order valence-electron chi connectivity index (χ4n) is 4.46. The molecule has 4 rings (SSSR count). The van der Waals surface area contributed by atoms with Crippen LogP contribution >= 0.6 is 0 Å². The van der Waals surface area contributed by atoms with Gasteiger partial charge in [0, 0.05) is 37.0 Å². The summed E-state index contributed by atoms with van der Waals surface area (Å²) in [5.41, 5.74) is 0.363. The van der Waals surface area contributed by atoms with Crippen molar-refractivity contribution in [1.29, 1.82) is 0 Å². The molecule has 0 spiro atoms. The second kappa shape index (κ2) is 6.39. The quantitative estimate of drug-likeness (QED) is 0.813. The Morgan fingerprint density at radius 2 is 1.93 bits per heavy atom. The molecule has 1 amide bonds. The summed E-state index contributed by atoms with van der Waals surface area (Å²) < 4.78 is 42.3. The summed E-state index contributed by atoms with van der Waals surface area (Å²) in [6.07, 6.45) is -2.67. The maximum absolute atomic E-state index is 13.7. The van der Waals surface area contributed by atoms with Crippen LogP contribution in [0.4, 0.5) is 19.0 Å². The van der Waals surface area contributed by atoms with Gasteiger partial charge in [0.2, 0.25) is 5.91 Å². The second-order valence-electron chi connectivity index (χ2n) is 9.84. The van der Waals surface area contributed by atoms with Gasteiger partial charge in [0.25, 0.3) is 0 Å². The summed E-state index contributed by atoms with van der Waals surface area (Å²) in [6.45, 7) is 9.14. The molecule has 1 aliphatic carbocycles. The van der Waals surface area contributed by atoms with Gasteiger partial charge >= 0.3 is 6.18 Å². The number of carbonyl (C=O) groups excluding carboxylic acids is 1. The number of nitrogens with one attached hydrogen (secondary N) is 1. The van der Waals surface area contributed by atoms with Crippen LogP contribution in [0.25, 0.3) is 0 Å². The van der Waals surface area contributed by atoms with E-state index < -0.39 is 12.2 Å². The molecular formula is C20H29F3N4O. The highest BCUT2D eigenvalue weighted by molar-refractivity contribution is 5.82. The Bertz CT molecular complexity index is 766. The highest BCUT2D eigenvalue weighted by Gasteiger charge is 2.49. The third kappa shape index (κ3) is 3.50. The average molecular weight is 398 g/mol. The third-order valence-corrected chi connectivity index (χ3v) is 6.60. The molecule has 156 valence electrons. The van der Waals surface area contributed by atoms with Crippen LogP contribution in [0.1, 0.15) is 64.6 Å². The number of hydrogen-bond donors (Lipinski definition) is 1. The topological polar surface area (TPSA) is 50.2 Å². The van der Waals surface area contributed by atoms with Crippen molar-refractivity contribution in [1.82, 2.24) is 14.7 Å². The number of aromatic nitrogens is 2. The minimum atomic E-state index is -4.34. The van der Waals surface area contributed by atoms with Crippen molar-refractivity contribution in [3.05, 3.63) is 11.8 Å². The number of halogens is 3. The van der Waals surface area contributed by atoms with Crippen molar-refractivity contribution < 1.29 is 18.0 Å². The summed E-state index contributed by atoms with van der Waals surface area (Å²) in [5, 5.41) is 7.63. The molecule has 3 aliphatic rings. The number of fused-ring (bicyclic) bond motifs is 1. The van der Waals surface area contributed by atoms with Crippen LogP contribution in [0.3, 0.4) is 0 Å². The first kappa shape index (κ1) is 19.6. The molecule has 0 aromatic carbocycles. The first-order valence-electron chi connectivity index (χ1n) is 10.2. The molecule has 1 aromatic heterocycles. The van der Waals surface area contributed by atoms with Crippen molar-refractivity contribution in [2.45, 2.75) is 71.1 Å². The monoisotopic (exact) mass is 398 g/mol. The minimum Gasteiger partial charge on any atom is -0.367 e. The molecule has 5 nitrogen and oxygen atoms in total. The maximum atomic E-state index is 13.7. The van der Waals surface area contributed by atoms with E-state index >= 15 is 0 Å². The number of alkyl halides is 3. The zero-order chi connectivity index (χ0) is 20.4. The van der Waals surface area contributed by atoms with Gasteiger partial charge in [0.15, 0.2) is 6.04 Å². The second-order valence-corrected chi connectivity index (χ2v) is 9.84. The molecular weight excluding hydrogens is 369 g/mol. The smallest absolute Gasteiger partial charge is 0.367 e. The molecule has 1 saturated heterocycles. The van der Waals surface area contributed by atoms with Gasteiger partial charge in [0.1, 0.15) is 5.82 Å². The predicted molar refractivity (Wildman–Crippen MR) is 100 cm³/mol. The molecule has 1 aromatic rings. The number of likely N-dealkylation sites (tertiary alicyclic amines) is 1. The number of amides is 1. The van der Waals surface area contributed by atoms with Crippen LogP contribution in [0.5, 0.6) is 0 Å². The van der Waals surface area contributed by atoms with E-state index in [4.69, 9.17) is 0 Å². The van der Waals surface area contributed by atoms with Crippen molar-refractivity contribution in [3.8, 4) is 0 Å². The fraction of sp³-hybridized carbons (Fsp3) is 0.800. The van der Waals surface area contributed by atoms with Gasteiger partial charge in [0.05, 0.1) is 5.69 Å². The van der Waals surface area contributed by atoms with E-state index in [0.717, 1.165) is 17.5 Å². The number of hydrogen-bond acceptors (Lipinski definition) is 3. The number of carbonyl (C=O) groups is 1. The van der Waals surface area contributed by atoms with Crippen LogP contribution in [-0.2, 0) is 4.79 Å². The van der Waals surface area contributed by atoms with Crippen LogP contribution < -0.4 is 5.32 Å². The lowest BCUT2D eigenvalue weighted by molar-refractivity contribution is -0.175. The van der Waals surface area contributed by atoms with Crippen LogP contribution in [0.2, 0.25) is 0 Å². The zero-order valence-corrected chi connectivity index (χ0v) is 16.9. The highest BCUT2D eigenvalue weighted by Crippen LogP contribution is 2.45. The molecule has 8 heteroatoms. The lowest BCUT2D eigenvalue weighted by Gasteiger charge is -2.39. The molecule has 0 radical (unpaired) electrons. The lowest BCUT2D eigenvalue weighted by atomic mass is 9.82. The van der Waals surface area contributed by atoms with Gasteiger partial charge in [-0.3, -0.25) is 4.79 Å². The Morgan fingerprint density at radius 1 is 1.25 bits per heavy atom. The molecule has 3 heterocycles. The molecule has 0 bridgehead atoms. The number of rotatable bonds is 2. The van der Waals surface area contributed by atoms with E-state index in [-0.39, 0.29) is 35.6 Å². The number of anilines is 1. The highest BCUT2D eigenvalue weighted by atomic mass is 19.4. The Kier molecular flexibility index (Phi) is 4.47. The van der Waals surface area contributed by atoms with E-state index in [9.17, 15) is 18.0 Å². The van der Waals surface area contributed by atoms with Gasteiger partial charge < -0.3 is 10.2 Å². The van der Waals surface area contributed by atoms with Gasteiger partial charge in [-0.25, -0.2) is 4.68 Å². The molecule has 1 saturated carbocycles. The van der Waals surface area contributed by atoms with Crippen molar-refractivity contribution in [2.24, 2.45) is 17.3 Å².